The molecule has 19 heavy (non-hydrogen) atoms. The van der Waals surface area contributed by atoms with Gasteiger partial charge in [0.15, 0.2) is 0 Å². The fourth-order valence-electron chi connectivity index (χ4n) is 2.09. The molecule has 0 aromatic heterocycles. The summed E-state index contributed by atoms with van der Waals surface area (Å²) in [6, 6.07) is 7.74. The third-order valence-electron chi connectivity index (χ3n) is 3.00. The van der Waals surface area contributed by atoms with Gasteiger partial charge in [0, 0.05) is 23.1 Å². The lowest BCUT2D eigenvalue weighted by molar-refractivity contribution is -0.123. The van der Waals surface area contributed by atoms with Gasteiger partial charge in [-0.1, -0.05) is 12.1 Å². The van der Waals surface area contributed by atoms with Crippen LogP contribution in [0.15, 0.2) is 29.2 Å². The molecule has 102 valence electrons. The molecule has 1 aliphatic rings. The number of hydrogen-bond acceptors (Lipinski definition) is 3. The number of fused-ring (bicyclic) bond motifs is 1. The largest absolute Gasteiger partial charge is 0.358 e. The van der Waals surface area contributed by atoms with E-state index in [0.717, 1.165) is 10.6 Å². The SMILES string of the molecule is CNC(=O)CN1C(=O)CC(C)(C)Sc2ccccc21. The van der Waals surface area contributed by atoms with Crippen LogP contribution in [0.2, 0.25) is 0 Å². The second-order valence-electron chi connectivity index (χ2n) is 5.16. The van der Waals surface area contributed by atoms with Crippen LogP contribution in [0, 0.1) is 0 Å². The lowest BCUT2D eigenvalue weighted by atomic mass is 10.1. The molecule has 0 radical (unpaired) electrons. The zero-order valence-corrected chi connectivity index (χ0v) is 12.2. The second-order valence-corrected chi connectivity index (χ2v) is 6.91. The molecule has 1 aromatic carbocycles. The second kappa shape index (κ2) is 5.25. The van der Waals surface area contributed by atoms with E-state index in [-0.39, 0.29) is 23.1 Å². The molecule has 1 N–H and O–H groups in total. The summed E-state index contributed by atoms with van der Waals surface area (Å²) < 4.78 is -0.162. The van der Waals surface area contributed by atoms with Crippen LogP contribution in [-0.2, 0) is 9.59 Å². The van der Waals surface area contributed by atoms with Crippen molar-refractivity contribution in [3.05, 3.63) is 24.3 Å². The minimum absolute atomic E-state index is 0.00829. The highest BCUT2D eigenvalue weighted by molar-refractivity contribution is 8.00. The summed E-state index contributed by atoms with van der Waals surface area (Å²) >= 11 is 1.68. The van der Waals surface area contributed by atoms with Gasteiger partial charge in [0.1, 0.15) is 6.54 Å². The highest BCUT2D eigenvalue weighted by Crippen LogP contribution is 2.43. The number of nitrogens with zero attached hydrogens (tertiary/aromatic N) is 1. The first-order valence-electron chi connectivity index (χ1n) is 6.22. The Kier molecular flexibility index (Phi) is 3.85. The van der Waals surface area contributed by atoms with E-state index in [0.29, 0.717) is 6.42 Å². The van der Waals surface area contributed by atoms with E-state index in [1.165, 1.54) is 0 Å². The summed E-state index contributed by atoms with van der Waals surface area (Å²) in [5, 5.41) is 2.57. The van der Waals surface area contributed by atoms with E-state index in [1.807, 2.05) is 24.3 Å². The van der Waals surface area contributed by atoms with E-state index < -0.39 is 0 Å². The van der Waals surface area contributed by atoms with Crippen LogP contribution in [0.1, 0.15) is 20.3 Å². The van der Waals surface area contributed by atoms with E-state index in [4.69, 9.17) is 0 Å². The number of amides is 2. The quantitative estimate of drug-likeness (QED) is 0.900. The van der Waals surface area contributed by atoms with Gasteiger partial charge in [-0.3, -0.25) is 9.59 Å². The van der Waals surface area contributed by atoms with Crippen molar-refractivity contribution in [2.45, 2.75) is 29.9 Å². The summed E-state index contributed by atoms with van der Waals surface area (Å²) in [6.45, 7) is 4.18. The zero-order valence-electron chi connectivity index (χ0n) is 11.4. The number of thioether (sulfide) groups is 1. The molecule has 0 bridgehead atoms. The van der Waals surface area contributed by atoms with Crippen LogP contribution >= 0.6 is 11.8 Å². The van der Waals surface area contributed by atoms with Gasteiger partial charge in [0.25, 0.3) is 0 Å². The fourth-order valence-corrected chi connectivity index (χ4v) is 3.31. The van der Waals surface area contributed by atoms with Crippen molar-refractivity contribution >= 4 is 29.3 Å². The Hall–Kier alpha value is -1.49. The number of nitrogens with one attached hydrogen (secondary N) is 1. The monoisotopic (exact) mass is 278 g/mol. The van der Waals surface area contributed by atoms with Crippen LogP contribution in [0.25, 0.3) is 0 Å². The van der Waals surface area contributed by atoms with Crippen LogP contribution < -0.4 is 10.2 Å². The minimum Gasteiger partial charge on any atom is -0.358 e. The molecule has 1 aliphatic heterocycles. The standard InChI is InChI=1S/C14H18N2O2S/c1-14(2)8-13(18)16(9-12(17)15-3)10-6-4-5-7-11(10)19-14/h4-7H,8-9H2,1-3H3,(H,15,17). The maximum atomic E-state index is 12.4. The highest BCUT2D eigenvalue weighted by atomic mass is 32.2. The van der Waals surface area contributed by atoms with Gasteiger partial charge in [-0.05, 0) is 26.0 Å². The van der Waals surface area contributed by atoms with Crippen molar-refractivity contribution in [2.75, 3.05) is 18.5 Å². The van der Waals surface area contributed by atoms with Crippen LogP contribution in [0.5, 0.6) is 0 Å². The number of carbonyl (C=O) groups excluding carboxylic acids is 2. The number of para-hydroxylation sites is 1. The third-order valence-corrected chi connectivity index (χ3v) is 4.26. The summed E-state index contributed by atoms with van der Waals surface area (Å²) in [7, 11) is 1.58. The Morgan fingerprint density at radius 2 is 2.11 bits per heavy atom. The first-order chi connectivity index (χ1) is 8.93. The van der Waals surface area contributed by atoms with Gasteiger partial charge in [-0.15, -0.1) is 11.8 Å². The van der Waals surface area contributed by atoms with E-state index >= 15 is 0 Å². The maximum Gasteiger partial charge on any atom is 0.239 e. The van der Waals surface area contributed by atoms with Gasteiger partial charge in [0.2, 0.25) is 11.8 Å². The van der Waals surface area contributed by atoms with Gasteiger partial charge in [-0.25, -0.2) is 0 Å². The lowest BCUT2D eigenvalue weighted by Gasteiger charge is -2.22. The molecule has 1 aromatic rings. The summed E-state index contributed by atoms with van der Waals surface area (Å²) in [5.41, 5.74) is 0.826. The number of carbonyl (C=O) groups is 2. The molecule has 2 rings (SSSR count). The molecule has 0 atom stereocenters. The van der Waals surface area contributed by atoms with E-state index in [9.17, 15) is 9.59 Å². The summed E-state index contributed by atoms with van der Waals surface area (Å²) in [5.74, 6) is -0.168. The lowest BCUT2D eigenvalue weighted by Crippen LogP contribution is -2.40. The third kappa shape index (κ3) is 3.10. The normalized spacial score (nSPS) is 17.6. The van der Waals surface area contributed by atoms with Gasteiger partial charge in [-0.2, -0.15) is 0 Å². The molecule has 4 nitrogen and oxygen atoms in total. The zero-order chi connectivity index (χ0) is 14.0. The predicted molar refractivity (Wildman–Crippen MR) is 77.4 cm³/mol. The molecule has 0 saturated heterocycles. The Bertz CT molecular complexity index is 514. The first kappa shape index (κ1) is 13.9. The number of anilines is 1. The number of hydrogen-bond donors (Lipinski definition) is 1. The van der Waals surface area contributed by atoms with E-state index in [2.05, 4.69) is 19.2 Å². The van der Waals surface area contributed by atoms with Gasteiger partial charge in [0.05, 0.1) is 5.69 Å². The average molecular weight is 278 g/mol. The van der Waals surface area contributed by atoms with Crippen LogP contribution in [0.4, 0.5) is 5.69 Å². The molecular formula is C14H18N2O2S. The molecule has 0 aliphatic carbocycles. The van der Waals surface area contributed by atoms with Crippen molar-refractivity contribution in [1.82, 2.24) is 5.32 Å². The molecule has 5 heteroatoms. The van der Waals surface area contributed by atoms with Gasteiger partial charge >= 0.3 is 0 Å². The molecule has 0 spiro atoms. The number of benzene rings is 1. The molecule has 2 amide bonds. The summed E-state index contributed by atoms with van der Waals surface area (Å²) in [4.78, 5) is 26.6. The number of rotatable bonds is 2. The van der Waals surface area contributed by atoms with Crippen molar-refractivity contribution < 1.29 is 9.59 Å². The van der Waals surface area contributed by atoms with Crippen molar-refractivity contribution in [3.8, 4) is 0 Å². The fraction of sp³-hybridized carbons (Fsp3) is 0.429. The predicted octanol–water partition coefficient (Wildman–Crippen LogP) is 2.04. The van der Waals surface area contributed by atoms with Crippen molar-refractivity contribution in [1.29, 1.82) is 0 Å². The van der Waals surface area contributed by atoms with Crippen LogP contribution in [0.3, 0.4) is 0 Å². The average Bonchev–Trinajstić information content (AvgIpc) is 2.43. The Labute approximate surface area is 117 Å². The Morgan fingerprint density at radius 3 is 2.79 bits per heavy atom. The van der Waals surface area contributed by atoms with Crippen molar-refractivity contribution in [2.24, 2.45) is 0 Å². The maximum absolute atomic E-state index is 12.4. The minimum atomic E-state index is -0.162. The molecular weight excluding hydrogens is 260 g/mol. The highest BCUT2D eigenvalue weighted by Gasteiger charge is 2.33. The smallest absolute Gasteiger partial charge is 0.239 e. The first-order valence-corrected chi connectivity index (χ1v) is 7.03. The Morgan fingerprint density at radius 1 is 1.42 bits per heavy atom. The van der Waals surface area contributed by atoms with E-state index in [1.54, 1.807) is 23.7 Å². The number of likely N-dealkylation sites (N-methyl/N-ethyl adjacent to an activating group) is 1. The summed E-state index contributed by atoms with van der Waals surface area (Å²) in [6.07, 6.45) is 0.420. The molecule has 1 heterocycles. The molecule has 0 unspecified atom stereocenters. The van der Waals surface area contributed by atoms with Crippen molar-refractivity contribution in [3.63, 3.8) is 0 Å². The topological polar surface area (TPSA) is 49.4 Å². The Balaban J connectivity index is 2.42. The molecule has 0 fully saturated rings. The van der Waals surface area contributed by atoms with Crippen LogP contribution in [-0.4, -0.2) is 30.2 Å². The van der Waals surface area contributed by atoms with Gasteiger partial charge < -0.3 is 10.2 Å². The molecule has 0 saturated carbocycles.